The summed E-state index contributed by atoms with van der Waals surface area (Å²) in [6, 6.07) is 14.0. The first-order valence-corrected chi connectivity index (χ1v) is 9.15. The molecule has 0 heterocycles. The Labute approximate surface area is 165 Å². The molecule has 0 spiro atoms. The van der Waals surface area contributed by atoms with Crippen molar-refractivity contribution in [3.05, 3.63) is 65.2 Å². The van der Waals surface area contributed by atoms with Gasteiger partial charge < -0.3 is 16.0 Å². The van der Waals surface area contributed by atoms with E-state index in [4.69, 9.17) is 5.73 Å². The van der Waals surface area contributed by atoms with Gasteiger partial charge in [-0.1, -0.05) is 32.9 Å². The van der Waals surface area contributed by atoms with Crippen molar-refractivity contribution in [1.82, 2.24) is 5.32 Å². The molecule has 0 unspecified atom stereocenters. The molecular weight excluding hydrogens is 354 g/mol. The number of benzene rings is 2. The van der Waals surface area contributed by atoms with Gasteiger partial charge in [-0.3, -0.25) is 14.4 Å². The van der Waals surface area contributed by atoms with E-state index in [1.807, 2.05) is 12.1 Å². The summed E-state index contributed by atoms with van der Waals surface area (Å²) in [4.78, 5) is 37.2. The molecule has 0 bridgehead atoms. The molecule has 28 heavy (non-hydrogen) atoms. The van der Waals surface area contributed by atoms with Crippen LogP contribution in [0.2, 0.25) is 0 Å². The number of carbonyl (C=O) groups is 3. The molecule has 0 atom stereocenters. The van der Waals surface area contributed by atoms with Gasteiger partial charge in [0.05, 0.1) is 0 Å². The third-order valence-electron chi connectivity index (χ3n) is 4.55. The fourth-order valence-electron chi connectivity index (χ4n) is 2.67. The Balaban J connectivity index is 1.87. The Hall–Kier alpha value is -3.15. The highest BCUT2D eigenvalue weighted by Crippen LogP contribution is 2.22. The first-order valence-electron chi connectivity index (χ1n) is 9.15. The lowest BCUT2D eigenvalue weighted by atomic mass is 9.87. The molecule has 2 aromatic carbocycles. The standard InChI is InChI=1S/C22H27N3O3/c1-22(2,3)17-9-5-16(6-10-17)21(28)24-14-13-19(26)25(4)18-11-7-15(8-12-18)20(23)27/h5-12H,13-14H2,1-4H3,(H2,23,27)(H,24,28). The minimum Gasteiger partial charge on any atom is -0.366 e. The van der Waals surface area contributed by atoms with Crippen molar-refractivity contribution >= 4 is 23.4 Å². The summed E-state index contributed by atoms with van der Waals surface area (Å²) in [5.41, 5.74) is 8.00. The number of carbonyl (C=O) groups excluding carboxylic acids is 3. The van der Waals surface area contributed by atoms with Crippen LogP contribution in [0.1, 0.15) is 53.5 Å². The lowest BCUT2D eigenvalue weighted by molar-refractivity contribution is -0.118. The molecule has 0 aliphatic carbocycles. The molecule has 3 N–H and O–H groups in total. The van der Waals surface area contributed by atoms with Gasteiger partial charge in [-0.15, -0.1) is 0 Å². The largest absolute Gasteiger partial charge is 0.366 e. The van der Waals surface area contributed by atoms with Crippen molar-refractivity contribution in [2.24, 2.45) is 5.73 Å². The Morgan fingerprint density at radius 1 is 0.929 bits per heavy atom. The van der Waals surface area contributed by atoms with E-state index in [1.165, 1.54) is 4.90 Å². The van der Waals surface area contributed by atoms with Crippen molar-refractivity contribution in [2.45, 2.75) is 32.6 Å². The number of anilines is 1. The average molecular weight is 381 g/mol. The second kappa shape index (κ2) is 8.69. The first kappa shape index (κ1) is 21.2. The molecule has 148 valence electrons. The summed E-state index contributed by atoms with van der Waals surface area (Å²) in [5.74, 6) is -0.865. The van der Waals surface area contributed by atoms with Crippen LogP contribution in [0.25, 0.3) is 0 Å². The maximum Gasteiger partial charge on any atom is 0.251 e. The van der Waals surface area contributed by atoms with Gasteiger partial charge in [0, 0.05) is 36.8 Å². The van der Waals surface area contributed by atoms with Gasteiger partial charge in [-0.05, 0) is 47.4 Å². The van der Waals surface area contributed by atoms with E-state index in [1.54, 1.807) is 43.4 Å². The molecule has 3 amide bonds. The van der Waals surface area contributed by atoms with E-state index < -0.39 is 5.91 Å². The van der Waals surface area contributed by atoms with Crippen molar-refractivity contribution in [1.29, 1.82) is 0 Å². The Morgan fingerprint density at radius 2 is 1.46 bits per heavy atom. The second-order valence-corrected chi connectivity index (χ2v) is 7.70. The fourth-order valence-corrected chi connectivity index (χ4v) is 2.67. The zero-order valence-electron chi connectivity index (χ0n) is 16.8. The summed E-state index contributed by atoms with van der Waals surface area (Å²) < 4.78 is 0. The second-order valence-electron chi connectivity index (χ2n) is 7.70. The molecule has 0 radical (unpaired) electrons. The quantitative estimate of drug-likeness (QED) is 0.806. The van der Waals surface area contributed by atoms with Crippen LogP contribution in [0.3, 0.4) is 0 Å². The van der Waals surface area contributed by atoms with Crippen LogP contribution < -0.4 is 16.0 Å². The van der Waals surface area contributed by atoms with Crippen molar-refractivity contribution in [3.63, 3.8) is 0 Å². The van der Waals surface area contributed by atoms with Gasteiger partial charge in [-0.25, -0.2) is 0 Å². The van der Waals surface area contributed by atoms with Crippen molar-refractivity contribution in [3.8, 4) is 0 Å². The summed E-state index contributed by atoms with van der Waals surface area (Å²) in [5, 5.41) is 2.77. The predicted molar refractivity (Wildman–Crippen MR) is 110 cm³/mol. The SMILES string of the molecule is CN(C(=O)CCNC(=O)c1ccc(C(C)(C)C)cc1)c1ccc(C(N)=O)cc1. The van der Waals surface area contributed by atoms with Crippen LogP contribution in [0.15, 0.2) is 48.5 Å². The number of hydrogen-bond donors (Lipinski definition) is 2. The molecule has 0 fully saturated rings. The lowest BCUT2D eigenvalue weighted by Crippen LogP contribution is -2.32. The number of nitrogens with one attached hydrogen (secondary N) is 1. The van der Waals surface area contributed by atoms with Crippen LogP contribution in [-0.2, 0) is 10.2 Å². The number of rotatable bonds is 6. The van der Waals surface area contributed by atoms with Crippen LogP contribution >= 0.6 is 0 Å². The van der Waals surface area contributed by atoms with Crippen LogP contribution in [-0.4, -0.2) is 31.3 Å². The molecular formula is C22H27N3O3. The summed E-state index contributed by atoms with van der Waals surface area (Å²) in [7, 11) is 1.65. The van der Waals surface area contributed by atoms with Crippen LogP contribution in [0.4, 0.5) is 5.69 Å². The number of nitrogens with two attached hydrogens (primary N) is 1. The third-order valence-corrected chi connectivity index (χ3v) is 4.55. The number of nitrogens with zero attached hydrogens (tertiary/aromatic N) is 1. The summed E-state index contributed by atoms with van der Waals surface area (Å²) in [6.07, 6.45) is 0.167. The monoisotopic (exact) mass is 381 g/mol. The lowest BCUT2D eigenvalue weighted by Gasteiger charge is -2.19. The molecule has 0 saturated heterocycles. The summed E-state index contributed by atoms with van der Waals surface area (Å²) >= 11 is 0. The summed E-state index contributed by atoms with van der Waals surface area (Å²) in [6.45, 7) is 6.59. The molecule has 6 heteroatoms. The molecule has 2 rings (SSSR count). The van der Waals surface area contributed by atoms with Crippen molar-refractivity contribution in [2.75, 3.05) is 18.5 Å². The normalized spacial score (nSPS) is 11.0. The Bertz CT molecular complexity index is 850. The van der Waals surface area contributed by atoms with Crippen LogP contribution in [0, 0.1) is 0 Å². The number of hydrogen-bond acceptors (Lipinski definition) is 3. The predicted octanol–water partition coefficient (Wildman–Crippen LogP) is 2.87. The third kappa shape index (κ3) is 5.42. The minimum absolute atomic E-state index is 0.0294. The van der Waals surface area contributed by atoms with Gasteiger partial charge in [0.2, 0.25) is 11.8 Å². The molecule has 0 aliphatic rings. The Kier molecular flexibility index (Phi) is 6.57. The van der Waals surface area contributed by atoms with Gasteiger partial charge in [0.1, 0.15) is 0 Å². The maximum atomic E-state index is 12.3. The Morgan fingerprint density at radius 3 is 1.96 bits per heavy atom. The zero-order valence-corrected chi connectivity index (χ0v) is 16.8. The van der Waals surface area contributed by atoms with E-state index in [0.29, 0.717) is 16.8 Å². The highest BCUT2D eigenvalue weighted by atomic mass is 16.2. The van der Waals surface area contributed by atoms with E-state index in [0.717, 1.165) is 5.56 Å². The van der Waals surface area contributed by atoms with Gasteiger partial charge in [0.15, 0.2) is 0 Å². The fraction of sp³-hybridized carbons (Fsp3) is 0.318. The first-order chi connectivity index (χ1) is 13.1. The smallest absolute Gasteiger partial charge is 0.251 e. The van der Waals surface area contributed by atoms with E-state index >= 15 is 0 Å². The highest BCUT2D eigenvalue weighted by molar-refractivity contribution is 5.97. The zero-order chi connectivity index (χ0) is 20.9. The maximum absolute atomic E-state index is 12.3. The van der Waals surface area contributed by atoms with E-state index in [2.05, 4.69) is 26.1 Å². The number of primary amides is 1. The van der Waals surface area contributed by atoms with Crippen molar-refractivity contribution < 1.29 is 14.4 Å². The van der Waals surface area contributed by atoms with Crippen LogP contribution in [0.5, 0.6) is 0 Å². The van der Waals surface area contributed by atoms with E-state index in [-0.39, 0.29) is 30.2 Å². The number of amides is 3. The highest BCUT2D eigenvalue weighted by Gasteiger charge is 2.15. The molecule has 0 saturated carbocycles. The molecule has 0 aliphatic heterocycles. The molecule has 0 aromatic heterocycles. The van der Waals surface area contributed by atoms with Gasteiger partial charge in [0.25, 0.3) is 5.91 Å². The average Bonchev–Trinajstić information content (AvgIpc) is 2.66. The molecule has 6 nitrogen and oxygen atoms in total. The topological polar surface area (TPSA) is 92.5 Å². The molecule has 2 aromatic rings. The van der Waals surface area contributed by atoms with E-state index in [9.17, 15) is 14.4 Å². The van der Waals surface area contributed by atoms with Gasteiger partial charge >= 0.3 is 0 Å². The van der Waals surface area contributed by atoms with Gasteiger partial charge in [-0.2, -0.15) is 0 Å². The minimum atomic E-state index is -0.515.